The van der Waals surface area contributed by atoms with Crippen LogP contribution in [0.3, 0.4) is 0 Å². The molecule has 3 amide bonds. The molecule has 18 heavy (non-hydrogen) atoms. The van der Waals surface area contributed by atoms with Crippen LogP contribution in [-0.4, -0.2) is 54.1 Å². The van der Waals surface area contributed by atoms with Gasteiger partial charge >= 0.3 is 12.0 Å². The van der Waals surface area contributed by atoms with Crippen LogP contribution in [0.4, 0.5) is 4.79 Å². The van der Waals surface area contributed by atoms with Gasteiger partial charge in [0.1, 0.15) is 0 Å². The van der Waals surface area contributed by atoms with Gasteiger partial charge in [-0.25, -0.2) is 4.79 Å². The maximum Gasteiger partial charge on any atom is 0.321 e. The monoisotopic (exact) mass is 255 g/mol. The van der Waals surface area contributed by atoms with Crippen molar-refractivity contribution in [1.29, 1.82) is 0 Å². The number of carboxylic acids is 1. The molecule has 0 unspecified atom stereocenters. The third-order valence-corrected chi connectivity index (χ3v) is 1.83. The van der Waals surface area contributed by atoms with Crippen LogP contribution in [0, 0.1) is 12.3 Å². The van der Waals surface area contributed by atoms with Crippen molar-refractivity contribution in [2.75, 3.05) is 26.2 Å². The van der Waals surface area contributed by atoms with Gasteiger partial charge in [0.25, 0.3) is 0 Å². The predicted molar refractivity (Wildman–Crippen MR) is 64.7 cm³/mol. The molecule has 3 N–H and O–H groups in total. The maximum absolute atomic E-state index is 11.4. The normalized spacial score (nSPS) is 9.61. The van der Waals surface area contributed by atoms with E-state index in [2.05, 4.69) is 16.6 Å². The fourth-order valence-corrected chi connectivity index (χ4v) is 1.14. The Morgan fingerprint density at radius 3 is 2.50 bits per heavy atom. The molecule has 0 atom stereocenters. The van der Waals surface area contributed by atoms with Gasteiger partial charge in [-0.3, -0.25) is 19.8 Å². The van der Waals surface area contributed by atoms with Gasteiger partial charge in [0.2, 0.25) is 5.91 Å². The van der Waals surface area contributed by atoms with Crippen molar-refractivity contribution in [3.63, 3.8) is 0 Å². The van der Waals surface area contributed by atoms with E-state index >= 15 is 0 Å². The molecule has 0 bridgehead atoms. The Kier molecular flexibility index (Phi) is 7.98. The summed E-state index contributed by atoms with van der Waals surface area (Å²) in [5, 5.41) is 13.1. The average Bonchev–Trinajstić information content (AvgIpc) is 2.25. The Bertz CT molecular complexity index is 349. The van der Waals surface area contributed by atoms with Gasteiger partial charge in [0.05, 0.1) is 19.6 Å². The second-order valence-electron chi connectivity index (χ2n) is 3.55. The zero-order valence-corrected chi connectivity index (χ0v) is 10.2. The number of terminal acetylenes is 1. The zero-order valence-electron chi connectivity index (χ0n) is 10.2. The molecule has 100 valence electrons. The Balaban J connectivity index is 4.13. The molecule has 0 fully saturated rings. The molecule has 7 heteroatoms. The van der Waals surface area contributed by atoms with Crippen molar-refractivity contribution in [2.24, 2.45) is 0 Å². The SMILES string of the molecule is C#CCN(CC(=O)O)CC(=O)NC(=O)NCCC. The molecule has 0 aliphatic rings. The summed E-state index contributed by atoms with van der Waals surface area (Å²) in [7, 11) is 0. The van der Waals surface area contributed by atoms with Crippen LogP contribution in [0.25, 0.3) is 0 Å². The van der Waals surface area contributed by atoms with E-state index in [9.17, 15) is 14.4 Å². The number of rotatable bonds is 7. The molecular formula is C11H17N3O4. The first-order valence-corrected chi connectivity index (χ1v) is 5.44. The van der Waals surface area contributed by atoms with Crippen LogP contribution >= 0.6 is 0 Å². The van der Waals surface area contributed by atoms with Crippen molar-refractivity contribution in [1.82, 2.24) is 15.5 Å². The van der Waals surface area contributed by atoms with Crippen molar-refractivity contribution in [3.8, 4) is 12.3 Å². The highest BCUT2D eigenvalue weighted by atomic mass is 16.4. The second kappa shape index (κ2) is 9.01. The van der Waals surface area contributed by atoms with E-state index in [1.807, 2.05) is 6.92 Å². The van der Waals surface area contributed by atoms with Crippen LogP contribution in [0.5, 0.6) is 0 Å². The summed E-state index contributed by atoms with van der Waals surface area (Å²) in [6.45, 7) is 1.77. The molecule has 0 saturated heterocycles. The molecule has 0 aliphatic heterocycles. The number of hydrogen-bond acceptors (Lipinski definition) is 4. The fraction of sp³-hybridized carbons (Fsp3) is 0.545. The van der Waals surface area contributed by atoms with Crippen molar-refractivity contribution in [2.45, 2.75) is 13.3 Å². The van der Waals surface area contributed by atoms with E-state index in [0.29, 0.717) is 6.54 Å². The molecule has 0 radical (unpaired) electrons. The number of carbonyl (C=O) groups is 3. The molecule has 0 rings (SSSR count). The van der Waals surface area contributed by atoms with Crippen LogP contribution in [0.2, 0.25) is 0 Å². The minimum Gasteiger partial charge on any atom is -0.480 e. The number of hydrogen-bond donors (Lipinski definition) is 3. The lowest BCUT2D eigenvalue weighted by atomic mass is 10.4. The highest BCUT2D eigenvalue weighted by molar-refractivity contribution is 5.95. The summed E-state index contributed by atoms with van der Waals surface area (Å²) in [4.78, 5) is 34.3. The smallest absolute Gasteiger partial charge is 0.321 e. The van der Waals surface area contributed by atoms with E-state index in [1.54, 1.807) is 0 Å². The second-order valence-corrected chi connectivity index (χ2v) is 3.55. The van der Waals surface area contributed by atoms with Crippen LogP contribution in [0.15, 0.2) is 0 Å². The van der Waals surface area contributed by atoms with Gasteiger partial charge in [-0.1, -0.05) is 12.8 Å². The molecule has 0 heterocycles. The standard InChI is InChI=1S/C11H17N3O4/c1-3-5-12-11(18)13-9(15)7-14(6-4-2)8-10(16)17/h2H,3,5-8H2,1H3,(H,16,17)(H2,12,13,15,18). The van der Waals surface area contributed by atoms with E-state index in [1.165, 1.54) is 4.90 Å². The summed E-state index contributed by atoms with van der Waals surface area (Å²) in [5.74, 6) is 0.562. The Hall–Kier alpha value is -2.07. The van der Waals surface area contributed by atoms with E-state index in [4.69, 9.17) is 11.5 Å². The zero-order chi connectivity index (χ0) is 14.0. The van der Waals surface area contributed by atoms with E-state index in [-0.39, 0.29) is 19.6 Å². The van der Waals surface area contributed by atoms with Crippen molar-refractivity contribution >= 4 is 17.9 Å². The third kappa shape index (κ3) is 8.13. The van der Waals surface area contributed by atoms with Gasteiger partial charge < -0.3 is 10.4 Å². The van der Waals surface area contributed by atoms with Gasteiger partial charge in [-0.2, -0.15) is 0 Å². The Labute approximate surface area is 106 Å². The van der Waals surface area contributed by atoms with Crippen LogP contribution in [0.1, 0.15) is 13.3 Å². The number of aliphatic carboxylic acids is 1. The number of nitrogens with one attached hydrogen (secondary N) is 2. The molecule has 0 aromatic carbocycles. The lowest BCUT2D eigenvalue weighted by Gasteiger charge is -2.16. The molecule has 0 saturated carbocycles. The fourth-order valence-electron chi connectivity index (χ4n) is 1.14. The van der Waals surface area contributed by atoms with E-state index in [0.717, 1.165) is 6.42 Å². The average molecular weight is 255 g/mol. The molecular weight excluding hydrogens is 238 g/mol. The van der Waals surface area contributed by atoms with Crippen molar-refractivity contribution < 1.29 is 19.5 Å². The first-order valence-electron chi connectivity index (χ1n) is 5.44. The number of carboxylic acid groups (broad SMARTS) is 1. The molecule has 0 aliphatic carbocycles. The summed E-state index contributed by atoms with van der Waals surface area (Å²) < 4.78 is 0. The predicted octanol–water partition coefficient (Wildman–Crippen LogP) is -0.758. The summed E-state index contributed by atoms with van der Waals surface area (Å²) in [6.07, 6.45) is 5.81. The first-order chi connectivity index (χ1) is 8.49. The number of carbonyl (C=O) groups excluding carboxylic acids is 2. The van der Waals surface area contributed by atoms with Crippen molar-refractivity contribution in [3.05, 3.63) is 0 Å². The lowest BCUT2D eigenvalue weighted by molar-refractivity contribution is -0.138. The molecule has 0 spiro atoms. The Morgan fingerprint density at radius 2 is 2.00 bits per heavy atom. The summed E-state index contributed by atoms with van der Waals surface area (Å²) in [6, 6.07) is -0.599. The minimum absolute atomic E-state index is 0.0241. The topological polar surface area (TPSA) is 98.7 Å². The van der Waals surface area contributed by atoms with Crippen LogP contribution in [-0.2, 0) is 9.59 Å². The number of nitrogens with zero attached hydrogens (tertiary/aromatic N) is 1. The Morgan fingerprint density at radius 1 is 1.33 bits per heavy atom. The van der Waals surface area contributed by atoms with Crippen LogP contribution < -0.4 is 10.6 Å². The third-order valence-electron chi connectivity index (χ3n) is 1.83. The first kappa shape index (κ1) is 15.9. The highest BCUT2D eigenvalue weighted by Crippen LogP contribution is 1.87. The number of amides is 3. The minimum atomic E-state index is -1.09. The largest absolute Gasteiger partial charge is 0.480 e. The summed E-state index contributed by atoms with van der Waals surface area (Å²) in [5.41, 5.74) is 0. The van der Waals surface area contributed by atoms with Gasteiger partial charge in [0.15, 0.2) is 0 Å². The number of imide groups is 1. The van der Waals surface area contributed by atoms with Gasteiger partial charge in [-0.05, 0) is 6.42 Å². The molecule has 0 aromatic rings. The van der Waals surface area contributed by atoms with Gasteiger partial charge in [0, 0.05) is 6.54 Å². The van der Waals surface area contributed by atoms with Gasteiger partial charge in [-0.15, -0.1) is 6.42 Å². The van der Waals surface area contributed by atoms with E-state index < -0.39 is 17.9 Å². The lowest BCUT2D eigenvalue weighted by Crippen LogP contribution is -2.45. The number of urea groups is 1. The molecule has 7 nitrogen and oxygen atoms in total. The maximum atomic E-state index is 11.4. The quantitative estimate of drug-likeness (QED) is 0.519. The molecule has 0 aromatic heterocycles. The highest BCUT2D eigenvalue weighted by Gasteiger charge is 2.14. The summed E-state index contributed by atoms with van der Waals surface area (Å²) >= 11 is 0.